The summed E-state index contributed by atoms with van der Waals surface area (Å²) < 4.78 is 28.4. The number of Topliss-reactive ketones (excluding diaryl/α,β-unsaturated/α-hetero) is 1. The number of carbonyl (C=O) groups is 2. The van der Waals surface area contributed by atoms with Crippen LogP contribution in [0.5, 0.6) is 0 Å². The van der Waals surface area contributed by atoms with Gasteiger partial charge in [-0.3, -0.25) is 4.79 Å². The largest absolute Gasteiger partial charge is 0.313 e. The van der Waals surface area contributed by atoms with Gasteiger partial charge in [-0.1, -0.05) is 78.9 Å². The van der Waals surface area contributed by atoms with Gasteiger partial charge in [-0.2, -0.15) is 0 Å². The molecule has 3 aromatic carbocycles. The molecule has 32 heavy (non-hydrogen) atoms. The van der Waals surface area contributed by atoms with Gasteiger partial charge in [0.05, 0.1) is 10.9 Å². The smallest absolute Gasteiger partial charge is 0.241 e. The molecule has 0 saturated heterocycles. The second-order valence-electron chi connectivity index (χ2n) is 7.68. The number of ketones is 1. The highest BCUT2D eigenvalue weighted by molar-refractivity contribution is 7.89. The van der Waals surface area contributed by atoms with Crippen molar-refractivity contribution in [2.75, 3.05) is 0 Å². The van der Waals surface area contributed by atoms with Gasteiger partial charge < -0.3 is 10.5 Å². The molecule has 3 N–H and O–H groups in total. The van der Waals surface area contributed by atoms with Crippen LogP contribution in [-0.2, 0) is 32.5 Å². The van der Waals surface area contributed by atoms with E-state index in [-0.39, 0.29) is 17.7 Å². The van der Waals surface area contributed by atoms with Crippen LogP contribution in [0.15, 0.2) is 95.9 Å². The summed E-state index contributed by atoms with van der Waals surface area (Å²) in [5, 5.41) is 0. The molecular weight excluding hydrogens is 424 g/mol. The van der Waals surface area contributed by atoms with Gasteiger partial charge in [0.15, 0.2) is 5.78 Å². The van der Waals surface area contributed by atoms with Crippen LogP contribution in [0.25, 0.3) is 0 Å². The van der Waals surface area contributed by atoms with Crippen molar-refractivity contribution in [2.45, 2.75) is 35.7 Å². The van der Waals surface area contributed by atoms with E-state index in [1.807, 2.05) is 36.4 Å². The van der Waals surface area contributed by atoms with Crippen LogP contribution in [-0.4, -0.2) is 32.1 Å². The van der Waals surface area contributed by atoms with Crippen molar-refractivity contribution in [2.24, 2.45) is 5.73 Å². The number of hydrogen-bond acceptors (Lipinski definition) is 5. The quantitative estimate of drug-likeness (QED) is 0.345. The molecule has 0 aliphatic carbocycles. The predicted octanol–water partition coefficient (Wildman–Crippen LogP) is 2.67. The van der Waals surface area contributed by atoms with E-state index in [9.17, 15) is 18.0 Å². The Morgan fingerprint density at radius 2 is 1.38 bits per heavy atom. The van der Waals surface area contributed by atoms with E-state index < -0.39 is 27.4 Å². The lowest BCUT2D eigenvalue weighted by Gasteiger charge is -2.28. The van der Waals surface area contributed by atoms with Gasteiger partial charge in [-0.05, 0) is 42.5 Å². The normalized spacial score (nSPS) is 14.3. The summed E-state index contributed by atoms with van der Waals surface area (Å²) in [5.41, 5.74) is 6.10. The highest BCUT2D eigenvalue weighted by Gasteiger charge is 2.40. The van der Waals surface area contributed by atoms with E-state index in [0.29, 0.717) is 12.7 Å². The Labute approximate surface area is 188 Å². The maximum absolute atomic E-state index is 13.4. The maximum Gasteiger partial charge on any atom is 0.241 e. The molecule has 0 bridgehead atoms. The lowest BCUT2D eigenvalue weighted by atomic mass is 9.84. The lowest BCUT2D eigenvalue weighted by molar-refractivity contribution is -0.130. The SMILES string of the molecule is N[C@](C=O)(CCc1ccccc1)C(=O)[C@H](Cc1ccccc1)NS(=O)(=O)c1ccccc1. The second-order valence-corrected chi connectivity index (χ2v) is 9.40. The molecular formula is C25H26N2O4S. The van der Waals surface area contributed by atoms with E-state index in [1.54, 1.807) is 42.5 Å². The molecule has 0 amide bonds. The summed E-state index contributed by atoms with van der Waals surface area (Å²) in [7, 11) is -4.00. The van der Waals surface area contributed by atoms with Gasteiger partial charge in [0.2, 0.25) is 10.0 Å². The number of aryl methyl sites for hydroxylation is 1. The standard InChI is InChI=1S/C25H26N2O4S/c26-25(19-28,17-16-20-10-4-1-5-11-20)24(29)23(18-21-12-6-2-7-13-21)27-32(30,31)22-14-8-3-9-15-22/h1-15,19,23,27H,16-18,26H2/t23-,25-/m0/s1. The summed E-state index contributed by atoms with van der Waals surface area (Å²) in [6, 6.07) is 25.0. The molecule has 7 heteroatoms. The van der Waals surface area contributed by atoms with Crippen LogP contribution in [0.1, 0.15) is 17.5 Å². The molecule has 0 aliphatic rings. The number of aldehydes is 1. The first kappa shape index (κ1) is 23.5. The van der Waals surface area contributed by atoms with Crippen LogP contribution < -0.4 is 10.5 Å². The Hall–Kier alpha value is -3.13. The second kappa shape index (κ2) is 10.5. The zero-order valence-corrected chi connectivity index (χ0v) is 18.4. The minimum absolute atomic E-state index is 0.0314. The number of rotatable bonds is 11. The molecule has 3 aromatic rings. The van der Waals surface area contributed by atoms with Gasteiger partial charge in [0.1, 0.15) is 11.8 Å². The molecule has 3 rings (SSSR count). The fraction of sp³-hybridized carbons (Fsp3) is 0.200. The van der Waals surface area contributed by atoms with E-state index in [1.165, 1.54) is 12.1 Å². The average Bonchev–Trinajstić information content (AvgIpc) is 2.83. The van der Waals surface area contributed by atoms with E-state index >= 15 is 0 Å². The Morgan fingerprint density at radius 1 is 0.875 bits per heavy atom. The van der Waals surface area contributed by atoms with Crippen LogP contribution in [0.3, 0.4) is 0 Å². The third kappa shape index (κ3) is 5.97. The Morgan fingerprint density at radius 3 is 1.91 bits per heavy atom. The zero-order valence-electron chi connectivity index (χ0n) is 17.6. The van der Waals surface area contributed by atoms with Crippen LogP contribution in [0.4, 0.5) is 0 Å². The molecule has 2 atom stereocenters. The summed E-state index contributed by atoms with van der Waals surface area (Å²) in [4.78, 5) is 25.4. The molecule has 0 aromatic heterocycles. The molecule has 166 valence electrons. The monoisotopic (exact) mass is 450 g/mol. The van der Waals surface area contributed by atoms with Gasteiger partial charge in [-0.15, -0.1) is 0 Å². The first-order valence-electron chi connectivity index (χ1n) is 10.3. The first-order valence-corrected chi connectivity index (χ1v) is 11.8. The third-order valence-corrected chi connectivity index (χ3v) is 6.78. The van der Waals surface area contributed by atoms with E-state index in [0.717, 1.165) is 11.1 Å². The van der Waals surface area contributed by atoms with Crippen molar-refractivity contribution in [1.82, 2.24) is 4.72 Å². The summed E-state index contributed by atoms with van der Waals surface area (Å²) in [6.45, 7) is 0. The Bertz CT molecular complexity index is 1140. The molecule has 0 saturated carbocycles. The topological polar surface area (TPSA) is 106 Å². The number of hydrogen-bond donors (Lipinski definition) is 2. The van der Waals surface area contributed by atoms with E-state index in [2.05, 4.69) is 4.72 Å². The minimum Gasteiger partial charge on any atom is -0.313 e. The van der Waals surface area contributed by atoms with Crippen molar-refractivity contribution in [1.29, 1.82) is 0 Å². The molecule has 0 spiro atoms. The number of nitrogens with one attached hydrogen (secondary N) is 1. The number of nitrogens with two attached hydrogens (primary N) is 1. The maximum atomic E-state index is 13.4. The van der Waals surface area contributed by atoms with Crippen LogP contribution in [0, 0.1) is 0 Å². The number of sulfonamides is 1. The van der Waals surface area contributed by atoms with Gasteiger partial charge in [0, 0.05) is 0 Å². The Balaban J connectivity index is 1.88. The molecule has 0 radical (unpaired) electrons. The summed E-state index contributed by atoms with van der Waals surface area (Å²) >= 11 is 0. The summed E-state index contributed by atoms with van der Waals surface area (Å²) in [6.07, 6.45) is 0.972. The fourth-order valence-corrected chi connectivity index (χ4v) is 4.67. The molecule has 0 fully saturated rings. The predicted molar refractivity (Wildman–Crippen MR) is 123 cm³/mol. The first-order chi connectivity index (χ1) is 15.3. The highest BCUT2D eigenvalue weighted by atomic mass is 32.2. The van der Waals surface area contributed by atoms with Gasteiger partial charge in [0.25, 0.3) is 0 Å². The van der Waals surface area contributed by atoms with Crippen molar-refractivity contribution in [3.8, 4) is 0 Å². The van der Waals surface area contributed by atoms with Crippen molar-refractivity contribution in [3.63, 3.8) is 0 Å². The fourth-order valence-electron chi connectivity index (χ4n) is 3.45. The summed E-state index contributed by atoms with van der Waals surface area (Å²) in [5.74, 6) is -0.660. The minimum atomic E-state index is -4.00. The number of carbonyl (C=O) groups excluding carboxylic acids is 2. The van der Waals surface area contributed by atoms with E-state index in [4.69, 9.17) is 5.73 Å². The zero-order chi connectivity index (χ0) is 23.0. The molecule has 6 nitrogen and oxygen atoms in total. The van der Waals surface area contributed by atoms with Crippen LogP contribution in [0.2, 0.25) is 0 Å². The lowest BCUT2D eigenvalue weighted by Crippen LogP contribution is -2.59. The molecule has 0 unspecified atom stereocenters. The van der Waals surface area contributed by atoms with Crippen LogP contribution >= 0.6 is 0 Å². The van der Waals surface area contributed by atoms with Crippen molar-refractivity contribution < 1.29 is 18.0 Å². The average molecular weight is 451 g/mol. The molecule has 0 aliphatic heterocycles. The van der Waals surface area contributed by atoms with Gasteiger partial charge in [-0.25, -0.2) is 13.1 Å². The highest BCUT2D eigenvalue weighted by Crippen LogP contribution is 2.18. The molecule has 0 heterocycles. The Kier molecular flexibility index (Phi) is 7.69. The van der Waals surface area contributed by atoms with Crippen molar-refractivity contribution >= 4 is 22.1 Å². The van der Waals surface area contributed by atoms with Gasteiger partial charge >= 0.3 is 0 Å². The number of benzene rings is 3. The van der Waals surface area contributed by atoms with Crippen molar-refractivity contribution in [3.05, 3.63) is 102 Å². The third-order valence-electron chi connectivity index (χ3n) is 5.29.